The molecule has 124 valence electrons. The van der Waals surface area contributed by atoms with E-state index in [1.807, 2.05) is 0 Å². The smallest absolute Gasteiger partial charge is 0.342 e. The number of ether oxygens (including phenoxy) is 3. The van der Waals surface area contributed by atoms with Gasteiger partial charge in [0.05, 0.1) is 25.2 Å². The van der Waals surface area contributed by atoms with Gasteiger partial charge in [-0.25, -0.2) is 4.79 Å². The quantitative estimate of drug-likeness (QED) is 0.444. The predicted molar refractivity (Wildman–Crippen MR) is 77.3 cm³/mol. The molecule has 0 spiro atoms. The number of esters is 1. The van der Waals surface area contributed by atoms with Gasteiger partial charge in [-0.15, -0.1) is 0 Å². The van der Waals surface area contributed by atoms with Crippen molar-refractivity contribution in [1.82, 2.24) is 4.90 Å². The van der Waals surface area contributed by atoms with Crippen LogP contribution in [0, 0.1) is 10.1 Å². The number of amides is 1. The molecular formula is C14H16N2O7. The molecule has 9 heteroatoms. The molecule has 1 amide bonds. The zero-order valence-corrected chi connectivity index (χ0v) is 12.5. The Morgan fingerprint density at radius 1 is 1.35 bits per heavy atom. The first-order valence-corrected chi connectivity index (χ1v) is 6.88. The highest BCUT2D eigenvalue weighted by Gasteiger charge is 2.22. The molecule has 9 nitrogen and oxygen atoms in total. The van der Waals surface area contributed by atoms with Gasteiger partial charge in [-0.1, -0.05) is 0 Å². The Hall–Kier alpha value is -2.68. The fourth-order valence-electron chi connectivity index (χ4n) is 2.08. The van der Waals surface area contributed by atoms with Crippen molar-refractivity contribution >= 4 is 17.6 Å². The topological polar surface area (TPSA) is 108 Å². The van der Waals surface area contributed by atoms with Gasteiger partial charge in [-0.05, 0) is 6.07 Å². The number of benzene rings is 1. The van der Waals surface area contributed by atoms with Gasteiger partial charge in [0.25, 0.3) is 11.6 Å². The molecule has 1 aliphatic heterocycles. The normalized spacial score (nSPS) is 14.2. The average Bonchev–Trinajstić information content (AvgIpc) is 2.59. The monoisotopic (exact) mass is 324 g/mol. The van der Waals surface area contributed by atoms with E-state index in [9.17, 15) is 19.7 Å². The van der Waals surface area contributed by atoms with Crippen LogP contribution in [-0.2, 0) is 14.3 Å². The summed E-state index contributed by atoms with van der Waals surface area (Å²) in [6.45, 7) is 1.33. The van der Waals surface area contributed by atoms with Crippen molar-refractivity contribution in [1.29, 1.82) is 0 Å². The van der Waals surface area contributed by atoms with Crippen molar-refractivity contribution < 1.29 is 28.7 Å². The minimum absolute atomic E-state index is 0.100. The van der Waals surface area contributed by atoms with Crippen LogP contribution in [0.3, 0.4) is 0 Å². The molecule has 0 atom stereocenters. The number of nitrogens with zero attached hydrogens (tertiary/aromatic N) is 2. The Morgan fingerprint density at radius 2 is 2.04 bits per heavy atom. The number of rotatable bonds is 5. The molecule has 2 rings (SSSR count). The fraction of sp³-hybridized carbons (Fsp3) is 0.429. The molecule has 1 aromatic carbocycles. The van der Waals surface area contributed by atoms with Gasteiger partial charge in [-0.3, -0.25) is 14.9 Å². The Morgan fingerprint density at radius 3 is 2.65 bits per heavy atom. The van der Waals surface area contributed by atoms with Crippen molar-refractivity contribution in [2.45, 2.75) is 0 Å². The molecule has 1 aromatic rings. The first-order chi connectivity index (χ1) is 11.0. The maximum absolute atomic E-state index is 12.1. The van der Waals surface area contributed by atoms with Crippen LogP contribution >= 0.6 is 0 Å². The van der Waals surface area contributed by atoms with Crippen LogP contribution < -0.4 is 4.74 Å². The molecule has 1 fully saturated rings. The van der Waals surface area contributed by atoms with E-state index in [0.717, 1.165) is 6.07 Å². The van der Waals surface area contributed by atoms with E-state index in [4.69, 9.17) is 14.2 Å². The Kier molecular flexibility index (Phi) is 5.47. The van der Waals surface area contributed by atoms with E-state index in [2.05, 4.69) is 0 Å². The van der Waals surface area contributed by atoms with E-state index >= 15 is 0 Å². The lowest BCUT2D eigenvalue weighted by molar-refractivity contribution is -0.384. The lowest BCUT2D eigenvalue weighted by Crippen LogP contribution is -2.42. The summed E-state index contributed by atoms with van der Waals surface area (Å²) >= 11 is 0. The summed E-state index contributed by atoms with van der Waals surface area (Å²) in [6.07, 6.45) is 0. The maximum atomic E-state index is 12.1. The Bertz CT molecular complexity index is 611. The van der Waals surface area contributed by atoms with Gasteiger partial charge >= 0.3 is 5.97 Å². The molecule has 0 bridgehead atoms. The minimum atomic E-state index is -0.854. The van der Waals surface area contributed by atoms with E-state index in [0.29, 0.717) is 26.3 Å². The summed E-state index contributed by atoms with van der Waals surface area (Å²) in [5.41, 5.74) is -0.367. The molecule has 0 aliphatic carbocycles. The summed E-state index contributed by atoms with van der Waals surface area (Å²) in [4.78, 5) is 35.7. The molecule has 1 heterocycles. The van der Waals surface area contributed by atoms with Crippen LogP contribution in [0.5, 0.6) is 5.75 Å². The van der Waals surface area contributed by atoms with Gasteiger partial charge in [0, 0.05) is 25.2 Å². The summed E-state index contributed by atoms with van der Waals surface area (Å²) in [6, 6.07) is 3.58. The number of carbonyl (C=O) groups excluding carboxylic acids is 2. The third-order valence-corrected chi connectivity index (χ3v) is 3.30. The zero-order valence-electron chi connectivity index (χ0n) is 12.5. The molecule has 1 saturated heterocycles. The SMILES string of the molecule is COc1ccc([N+](=O)[O-])cc1C(=O)OCC(=O)N1CCOCC1. The van der Waals surface area contributed by atoms with Crippen LogP contribution in [0.25, 0.3) is 0 Å². The van der Waals surface area contributed by atoms with Gasteiger partial charge < -0.3 is 19.1 Å². The molecule has 0 unspecified atom stereocenters. The molecule has 0 radical (unpaired) electrons. The number of nitro groups is 1. The third kappa shape index (κ3) is 4.16. The second kappa shape index (κ2) is 7.54. The molecule has 23 heavy (non-hydrogen) atoms. The highest BCUT2D eigenvalue weighted by Crippen LogP contribution is 2.24. The van der Waals surface area contributed by atoms with Gasteiger partial charge in [0.15, 0.2) is 6.61 Å². The maximum Gasteiger partial charge on any atom is 0.342 e. The fourth-order valence-corrected chi connectivity index (χ4v) is 2.08. The van der Waals surface area contributed by atoms with Crippen LogP contribution in [0.4, 0.5) is 5.69 Å². The van der Waals surface area contributed by atoms with E-state index in [1.54, 1.807) is 0 Å². The highest BCUT2D eigenvalue weighted by atomic mass is 16.6. The van der Waals surface area contributed by atoms with Crippen molar-refractivity contribution in [3.8, 4) is 5.75 Å². The number of methoxy groups -OCH3 is 1. The molecule has 1 aliphatic rings. The van der Waals surface area contributed by atoms with Crippen molar-refractivity contribution in [3.63, 3.8) is 0 Å². The summed E-state index contributed by atoms with van der Waals surface area (Å²) in [5, 5.41) is 10.8. The number of hydrogen-bond donors (Lipinski definition) is 0. The number of nitro benzene ring substituents is 1. The molecule has 0 aromatic heterocycles. The van der Waals surface area contributed by atoms with E-state index < -0.39 is 17.5 Å². The van der Waals surface area contributed by atoms with E-state index in [-0.39, 0.29) is 22.9 Å². The number of morpholine rings is 1. The van der Waals surface area contributed by atoms with Gasteiger partial charge in [0.2, 0.25) is 0 Å². The average molecular weight is 324 g/mol. The third-order valence-electron chi connectivity index (χ3n) is 3.30. The van der Waals surface area contributed by atoms with Crippen LogP contribution in [0.1, 0.15) is 10.4 Å². The van der Waals surface area contributed by atoms with Crippen LogP contribution in [0.15, 0.2) is 18.2 Å². The lowest BCUT2D eigenvalue weighted by Gasteiger charge is -2.26. The summed E-state index contributed by atoms with van der Waals surface area (Å²) in [7, 11) is 1.33. The van der Waals surface area contributed by atoms with Crippen LogP contribution in [-0.4, -0.2) is 61.7 Å². The summed E-state index contributed by atoms with van der Waals surface area (Å²) in [5.74, 6) is -1.06. The largest absolute Gasteiger partial charge is 0.496 e. The molecule has 0 saturated carbocycles. The van der Waals surface area contributed by atoms with Crippen molar-refractivity contribution in [2.75, 3.05) is 40.0 Å². The Balaban J connectivity index is 2.03. The minimum Gasteiger partial charge on any atom is -0.496 e. The second-order valence-corrected chi connectivity index (χ2v) is 4.71. The van der Waals surface area contributed by atoms with Crippen molar-refractivity contribution in [3.05, 3.63) is 33.9 Å². The van der Waals surface area contributed by atoms with Crippen LogP contribution in [0.2, 0.25) is 0 Å². The summed E-state index contributed by atoms with van der Waals surface area (Å²) < 4.78 is 15.1. The Labute approximate surface area is 131 Å². The second-order valence-electron chi connectivity index (χ2n) is 4.71. The van der Waals surface area contributed by atoms with Gasteiger partial charge in [-0.2, -0.15) is 0 Å². The number of non-ortho nitro benzene ring substituents is 1. The predicted octanol–water partition coefficient (Wildman–Crippen LogP) is 0.619. The zero-order chi connectivity index (χ0) is 16.8. The lowest BCUT2D eigenvalue weighted by atomic mass is 10.2. The number of carbonyl (C=O) groups is 2. The first-order valence-electron chi connectivity index (χ1n) is 6.88. The van der Waals surface area contributed by atoms with Gasteiger partial charge in [0.1, 0.15) is 11.3 Å². The molecular weight excluding hydrogens is 308 g/mol. The molecule has 0 N–H and O–H groups in total. The van der Waals surface area contributed by atoms with Crippen molar-refractivity contribution in [2.24, 2.45) is 0 Å². The highest BCUT2D eigenvalue weighted by molar-refractivity contribution is 5.94. The standard InChI is InChI=1S/C14H16N2O7/c1-21-12-3-2-10(16(19)20)8-11(12)14(18)23-9-13(17)15-4-6-22-7-5-15/h2-3,8H,4-7,9H2,1H3. The first kappa shape index (κ1) is 16.7. The van der Waals surface area contributed by atoms with E-state index in [1.165, 1.54) is 24.1 Å². The number of hydrogen-bond acceptors (Lipinski definition) is 7.